The lowest BCUT2D eigenvalue weighted by Gasteiger charge is -2.15. The summed E-state index contributed by atoms with van der Waals surface area (Å²) in [7, 11) is 0. The van der Waals surface area contributed by atoms with Crippen molar-refractivity contribution >= 4 is 34.1 Å². The Morgan fingerprint density at radius 3 is 2.94 bits per heavy atom. The Kier molecular flexibility index (Phi) is 6.89. The van der Waals surface area contributed by atoms with Gasteiger partial charge in [0.1, 0.15) is 18.4 Å². The lowest BCUT2D eigenvalue weighted by Crippen LogP contribution is -2.17. The van der Waals surface area contributed by atoms with Crippen molar-refractivity contribution in [1.29, 1.82) is 0 Å². The summed E-state index contributed by atoms with van der Waals surface area (Å²) < 4.78 is 7.52. The van der Waals surface area contributed by atoms with E-state index in [0.717, 1.165) is 6.42 Å². The fourth-order valence-corrected chi connectivity index (χ4v) is 2.82. The van der Waals surface area contributed by atoms with E-state index in [-0.39, 0.29) is 11.0 Å². The van der Waals surface area contributed by atoms with Crippen LogP contribution in [0.1, 0.15) is 26.7 Å². The van der Waals surface area contributed by atoms with Crippen LogP contribution in [0, 0.1) is 0 Å². The van der Waals surface area contributed by atoms with E-state index >= 15 is 0 Å². The largest absolute Gasteiger partial charge is 0.479 e. The molecule has 5 nitrogen and oxygen atoms in total. The van der Waals surface area contributed by atoms with E-state index in [2.05, 4.69) is 10.1 Å². The molecule has 1 atom stereocenters. The number of aromatic nitrogens is 3. The molecular weight excluding hydrogens is 270 g/mol. The molecule has 0 radical (unpaired) electrons. The van der Waals surface area contributed by atoms with Gasteiger partial charge in [-0.2, -0.15) is 5.10 Å². The zero-order valence-corrected chi connectivity index (χ0v) is 12.2. The fraction of sp³-hybridized carbons (Fsp3) is 0.636. The van der Waals surface area contributed by atoms with Crippen LogP contribution in [0.15, 0.2) is 12.7 Å². The van der Waals surface area contributed by atoms with Crippen LogP contribution >= 0.6 is 24.0 Å². The molecule has 18 heavy (non-hydrogen) atoms. The molecule has 0 amide bonds. The normalized spacial score (nSPS) is 12.1. The first-order valence-corrected chi connectivity index (χ1v) is 7.05. The molecule has 0 aliphatic rings. The highest BCUT2D eigenvalue weighted by Gasteiger charge is 2.15. The van der Waals surface area contributed by atoms with Gasteiger partial charge < -0.3 is 9.53 Å². The van der Waals surface area contributed by atoms with E-state index in [9.17, 15) is 4.79 Å². The summed E-state index contributed by atoms with van der Waals surface area (Å²) in [4.78, 5) is 15.0. The summed E-state index contributed by atoms with van der Waals surface area (Å²) in [6, 6.07) is 0. The van der Waals surface area contributed by atoms with Crippen LogP contribution in [0.5, 0.6) is 0 Å². The number of ether oxygens (including phenoxy) is 1. The van der Waals surface area contributed by atoms with Crippen molar-refractivity contribution in [3.63, 3.8) is 0 Å². The molecule has 0 saturated heterocycles. The second-order valence-corrected chi connectivity index (χ2v) is 5.68. The maximum atomic E-state index is 11.1. The molecule has 100 valence electrons. The number of carbonyl (C=O) groups is 1. The van der Waals surface area contributed by atoms with Gasteiger partial charge in [0.2, 0.25) is 4.38 Å². The van der Waals surface area contributed by atoms with Gasteiger partial charge in [-0.1, -0.05) is 11.8 Å². The number of ketones is 1. The van der Waals surface area contributed by atoms with Gasteiger partial charge in [-0.15, -0.1) is 0 Å². The third kappa shape index (κ3) is 6.11. The van der Waals surface area contributed by atoms with Gasteiger partial charge in [0, 0.05) is 11.7 Å². The highest BCUT2D eigenvalue weighted by molar-refractivity contribution is 8.23. The summed E-state index contributed by atoms with van der Waals surface area (Å²) in [5.74, 6) is 0.182. The van der Waals surface area contributed by atoms with Crippen molar-refractivity contribution in [2.45, 2.75) is 38.5 Å². The number of carbonyl (C=O) groups excluding carboxylic acids is 1. The van der Waals surface area contributed by atoms with Gasteiger partial charge in [-0.05, 0) is 32.5 Å². The molecule has 0 spiro atoms. The summed E-state index contributed by atoms with van der Waals surface area (Å²) in [5, 5.41) is 4.24. The first-order valence-electron chi connectivity index (χ1n) is 5.77. The van der Waals surface area contributed by atoms with E-state index in [4.69, 9.17) is 17.0 Å². The summed E-state index contributed by atoms with van der Waals surface area (Å²) >= 11 is 6.59. The molecule has 1 aromatic rings. The molecule has 0 aromatic carbocycles. The molecular formula is C11H17N3O2S2. The molecule has 1 unspecified atom stereocenters. The van der Waals surface area contributed by atoms with E-state index in [1.165, 1.54) is 18.1 Å². The third-order valence-electron chi connectivity index (χ3n) is 2.20. The van der Waals surface area contributed by atoms with Gasteiger partial charge in [-0.3, -0.25) is 4.68 Å². The van der Waals surface area contributed by atoms with E-state index in [0.29, 0.717) is 24.0 Å². The van der Waals surface area contributed by atoms with Gasteiger partial charge in [0.15, 0.2) is 0 Å². The quantitative estimate of drug-likeness (QED) is 0.716. The van der Waals surface area contributed by atoms with Crippen LogP contribution in [0.3, 0.4) is 0 Å². The Hall–Kier alpha value is -0.950. The van der Waals surface area contributed by atoms with Crippen molar-refractivity contribution in [2.75, 3.05) is 6.61 Å². The smallest absolute Gasteiger partial charge is 0.220 e. The Morgan fingerprint density at radius 1 is 1.61 bits per heavy atom. The van der Waals surface area contributed by atoms with E-state index in [1.807, 2.05) is 6.92 Å². The van der Waals surface area contributed by atoms with Crippen molar-refractivity contribution < 1.29 is 9.53 Å². The van der Waals surface area contributed by atoms with Crippen LogP contribution in [0.2, 0.25) is 0 Å². The number of Topliss-reactive ketones (excluding diaryl/α,β-unsaturated/α-hetero) is 1. The zero-order valence-electron chi connectivity index (χ0n) is 10.5. The topological polar surface area (TPSA) is 57.0 Å². The monoisotopic (exact) mass is 287 g/mol. The van der Waals surface area contributed by atoms with E-state index < -0.39 is 0 Å². The number of rotatable bonds is 7. The number of hydrogen-bond donors (Lipinski definition) is 0. The summed E-state index contributed by atoms with van der Waals surface area (Å²) in [5.41, 5.74) is 0. The number of nitrogens with zero attached hydrogens (tertiary/aromatic N) is 3. The second-order valence-electron chi connectivity index (χ2n) is 3.78. The Bertz CT molecular complexity index is 382. The van der Waals surface area contributed by atoms with Crippen LogP contribution in [0.25, 0.3) is 0 Å². The Morgan fingerprint density at radius 2 is 2.39 bits per heavy atom. The molecule has 0 aliphatic carbocycles. The molecule has 7 heteroatoms. The van der Waals surface area contributed by atoms with Crippen LogP contribution in [-0.4, -0.2) is 36.8 Å². The lowest BCUT2D eigenvalue weighted by atomic mass is 10.2. The minimum Gasteiger partial charge on any atom is -0.479 e. The predicted molar refractivity (Wildman–Crippen MR) is 75.5 cm³/mol. The molecule has 0 aliphatic heterocycles. The number of hydrogen-bond acceptors (Lipinski definition) is 6. The third-order valence-corrected chi connectivity index (χ3v) is 3.64. The standard InChI is InChI=1S/C11H17N3O2S2/c1-3-16-11(17)18-10(5-4-9(2)15)6-14-8-12-7-13-14/h7-8,10H,3-6H2,1-2H3. The molecule has 0 N–H and O–H groups in total. The highest BCUT2D eigenvalue weighted by atomic mass is 32.2. The Labute approximate surface area is 116 Å². The maximum Gasteiger partial charge on any atom is 0.220 e. The van der Waals surface area contributed by atoms with Crippen molar-refractivity contribution in [3.05, 3.63) is 12.7 Å². The minimum atomic E-state index is 0.176. The van der Waals surface area contributed by atoms with Crippen LogP contribution in [-0.2, 0) is 16.1 Å². The fourth-order valence-electron chi connectivity index (χ4n) is 1.38. The lowest BCUT2D eigenvalue weighted by molar-refractivity contribution is -0.117. The molecule has 0 bridgehead atoms. The molecule has 1 aromatic heterocycles. The van der Waals surface area contributed by atoms with Crippen LogP contribution < -0.4 is 0 Å². The summed E-state index contributed by atoms with van der Waals surface area (Å²) in [6.45, 7) is 4.73. The average Bonchev–Trinajstić information content (AvgIpc) is 2.79. The zero-order chi connectivity index (χ0) is 13.4. The number of thiocarbonyl (C=S) groups is 1. The highest BCUT2D eigenvalue weighted by Crippen LogP contribution is 2.21. The molecule has 1 rings (SSSR count). The SMILES string of the molecule is CCOC(=S)SC(CCC(C)=O)Cn1cncn1. The van der Waals surface area contributed by atoms with Crippen molar-refractivity contribution in [2.24, 2.45) is 0 Å². The molecule has 1 heterocycles. The van der Waals surface area contributed by atoms with Gasteiger partial charge in [0.05, 0.1) is 13.2 Å². The average molecular weight is 287 g/mol. The first-order chi connectivity index (χ1) is 8.61. The van der Waals surface area contributed by atoms with Crippen LogP contribution in [0.4, 0.5) is 0 Å². The van der Waals surface area contributed by atoms with Gasteiger partial charge in [-0.25, -0.2) is 4.98 Å². The van der Waals surface area contributed by atoms with Gasteiger partial charge >= 0.3 is 0 Å². The first kappa shape index (κ1) is 15.1. The van der Waals surface area contributed by atoms with Gasteiger partial charge in [0.25, 0.3) is 0 Å². The minimum absolute atomic E-state index is 0.176. The molecule has 0 fully saturated rings. The summed E-state index contributed by atoms with van der Waals surface area (Å²) in [6.07, 6.45) is 4.45. The Balaban J connectivity index is 2.51. The van der Waals surface area contributed by atoms with E-state index in [1.54, 1.807) is 17.9 Å². The molecule has 0 saturated carbocycles. The van der Waals surface area contributed by atoms with Crippen molar-refractivity contribution in [3.8, 4) is 0 Å². The maximum absolute atomic E-state index is 11.1. The van der Waals surface area contributed by atoms with Crippen molar-refractivity contribution in [1.82, 2.24) is 14.8 Å². The predicted octanol–water partition coefficient (Wildman–Crippen LogP) is 2.07. The number of thioether (sulfide) groups is 1. The second kappa shape index (κ2) is 8.20.